The van der Waals surface area contributed by atoms with E-state index in [1.54, 1.807) is 21.6 Å². The summed E-state index contributed by atoms with van der Waals surface area (Å²) >= 11 is 6.16. The first-order chi connectivity index (χ1) is 12.1. The topological polar surface area (TPSA) is 73.7 Å². The number of rotatable bonds is 2. The highest BCUT2D eigenvalue weighted by atomic mass is 35.5. The summed E-state index contributed by atoms with van der Waals surface area (Å²) in [6.45, 7) is 3.34. The van der Waals surface area contributed by atoms with E-state index in [0.29, 0.717) is 59.4 Å². The van der Waals surface area contributed by atoms with Gasteiger partial charge >= 0.3 is 0 Å². The molecule has 2 aromatic rings. The highest BCUT2D eigenvalue weighted by Gasteiger charge is 2.27. The minimum atomic E-state index is -0.174. The van der Waals surface area contributed by atoms with Crippen molar-refractivity contribution in [1.82, 2.24) is 14.5 Å². The van der Waals surface area contributed by atoms with Gasteiger partial charge in [0.15, 0.2) is 11.5 Å². The molecule has 1 amide bonds. The number of carbonyl (C=O) groups is 1. The van der Waals surface area contributed by atoms with Gasteiger partial charge in [0.25, 0.3) is 11.5 Å². The Morgan fingerprint density at radius 2 is 2.20 bits per heavy atom. The van der Waals surface area contributed by atoms with Crippen LogP contribution < -0.4 is 15.0 Å². The first-order valence-corrected chi connectivity index (χ1v) is 8.42. The fourth-order valence-electron chi connectivity index (χ4n) is 3.13. The van der Waals surface area contributed by atoms with Gasteiger partial charge in [-0.15, -0.1) is 0 Å². The third-order valence-electron chi connectivity index (χ3n) is 4.49. The molecule has 0 saturated carbocycles. The normalized spacial score (nSPS) is 15.2. The molecule has 0 atom stereocenters. The van der Waals surface area contributed by atoms with E-state index in [1.165, 1.54) is 6.33 Å². The maximum atomic E-state index is 12.8. The highest BCUT2D eigenvalue weighted by Crippen LogP contribution is 2.40. The molecule has 0 fully saturated rings. The lowest BCUT2D eigenvalue weighted by atomic mass is 10.0. The molecular formula is C17H16ClN3O4. The Morgan fingerprint density at radius 1 is 1.36 bits per heavy atom. The number of amides is 1. The highest BCUT2D eigenvalue weighted by molar-refractivity contribution is 6.32. The number of carbonyl (C=O) groups excluding carboxylic acids is 1. The van der Waals surface area contributed by atoms with Gasteiger partial charge < -0.3 is 14.4 Å². The zero-order valence-corrected chi connectivity index (χ0v) is 14.4. The number of halogens is 1. The van der Waals surface area contributed by atoms with Crippen LogP contribution in [0.25, 0.3) is 0 Å². The van der Waals surface area contributed by atoms with Gasteiger partial charge in [0.05, 0.1) is 23.6 Å². The molecule has 0 bridgehead atoms. The van der Waals surface area contributed by atoms with Crippen LogP contribution in [0.3, 0.4) is 0 Å². The molecule has 25 heavy (non-hydrogen) atoms. The van der Waals surface area contributed by atoms with Crippen molar-refractivity contribution in [3.63, 3.8) is 0 Å². The second kappa shape index (κ2) is 6.07. The van der Waals surface area contributed by atoms with Gasteiger partial charge in [-0.2, -0.15) is 0 Å². The van der Waals surface area contributed by atoms with Crippen LogP contribution in [0.15, 0.2) is 23.3 Å². The summed E-state index contributed by atoms with van der Waals surface area (Å²) in [5.41, 5.74) is 1.75. The second-order valence-electron chi connectivity index (χ2n) is 5.93. The predicted octanol–water partition coefficient (Wildman–Crippen LogP) is 1.84. The number of aromatic nitrogens is 2. The van der Waals surface area contributed by atoms with E-state index in [4.69, 9.17) is 21.1 Å². The molecule has 3 heterocycles. The molecule has 4 rings (SSSR count). The Bertz CT molecular complexity index is 925. The van der Waals surface area contributed by atoms with E-state index >= 15 is 0 Å². The van der Waals surface area contributed by atoms with Crippen LogP contribution in [0.2, 0.25) is 5.02 Å². The minimum absolute atomic E-state index is 0.0225. The Balaban J connectivity index is 1.62. The largest absolute Gasteiger partial charge is 0.454 e. The maximum Gasteiger partial charge on any atom is 0.256 e. The summed E-state index contributed by atoms with van der Waals surface area (Å²) in [5, 5.41) is 0.347. The van der Waals surface area contributed by atoms with E-state index < -0.39 is 0 Å². The molecule has 0 unspecified atom stereocenters. The minimum Gasteiger partial charge on any atom is -0.454 e. The Morgan fingerprint density at radius 3 is 3.00 bits per heavy atom. The smallest absolute Gasteiger partial charge is 0.256 e. The third-order valence-corrected chi connectivity index (χ3v) is 4.78. The third kappa shape index (κ3) is 2.64. The molecule has 0 saturated heterocycles. The molecule has 2 aliphatic heterocycles. The van der Waals surface area contributed by atoms with E-state index in [1.807, 2.05) is 6.92 Å². The summed E-state index contributed by atoms with van der Waals surface area (Å²) in [6.07, 6.45) is 2.03. The molecule has 7 nitrogen and oxygen atoms in total. The number of fused-ring (bicyclic) bond motifs is 2. The standard InChI is InChI=1S/C17H16ClN3O4/c1-2-20-8-19-13-7-21(4-3-11(13)17(20)23)16(22)10-5-12(18)15-14(6-10)24-9-25-15/h5-6,8H,2-4,7,9H2,1H3. The molecule has 8 heteroatoms. The van der Waals surface area contributed by atoms with E-state index in [9.17, 15) is 9.59 Å². The Hall–Kier alpha value is -2.54. The summed E-state index contributed by atoms with van der Waals surface area (Å²) in [6, 6.07) is 3.21. The monoisotopic (exact) mass is 361 g/mol. The van der Waals surface area contributed by atoms with Crippen LogP contribution in [-0.4, -0.2) is 33.7 Å². The van der Waals surface area contributed by atoms with Crippen LogP contribution >= 0.6 is 11.6 Å². The van der Waals surface area contributed by atoms with Crippen LogP contribution in [0, 0.1) is 0 Å². The van der Waals surface area contributed by atoms with Crippen molar-refractivity contribution in [2.75, 3.05) is 13.3 Å². The molecule has 0 aliphatic carbocycles. The van der Waals surface area contributed by atoms with Gasteiger partial charge in [0.1, 0.15) is 0 Å². The summed E-state index contributed by atoms with van der Waals surface area (Å²) < 4.78 is 12.2. The van der Waals surface area contributed by atoms with Crippen molar-refractivity contribution in [3.8, 4) is 11.5 Å². The van der Waals surface area contributed by atoms with Gasteiger partial charge in [-0.3, -0.25) is 14.2 Å². The molecule has 0 N–H and O–H groups in total. The molecular weight excluding hydrogens is 346 g/mol. The molecule has 130 valence electrons. The van der Waals surface area contributed by atoms with Crippen LogP contribution in [0.1, 0.15) is 28.5 Å². The molecule has 1 aromatic carbocycles. The lowest BCUT2D eigenvalue weighted by Gasteiger charge is -2.28. The van der Waals surface area contributed by atoms with Gasteiger partial charge in [-0.05, 0) is 25.5 Å². The summed E-state index contributed by atoms with van der Waals surface area (Å²) in [5.74, 6) is 0.758. The average molecular weight is 362 g/mol. The van der Waals surface area contributed by atoms with E-state index in [-0.39, 0.29) is 18.3 Å². The number of nitrogens with zero attached hydrogens (tertiary/aromatic N) is 3. The van der Waals surface area contributed by atoms with Crippen molar-refractivity contribution >= 4 is 17.5 Å². The van der Waals surface area contributed by atoms with Crippen molar-refractivity contribution in [2.45, 2.75) is 26.4 Å². The maximum absolute atomic E-state index is 12.8. The van der Waals surface area contributed by atoms with E-state index in [0.717, 1.165) is 0 Å². The van der Waals surface area contributed by atoms with Crippen molar-refractivity contribution in [2.24, 2.45) is 0 Å². The van der Waals surface area contributed by atoms with Gasteiger partial charge in [0.2, 0.25) is 6.79 Å². The van der Waals surface area contributed by atoms with E-state index in [2.05, 4.69) is 4.98 Å². The Kier molecular flexibility index (Phi) is 3.88. The predicted molar refractivity (Wildman–Crippen MR) is 90.2 cm³/mol. The van der Waals surface area contributed by atoms with Crippen molar-refractivity contribution < 1.29 is 14.3 Å². The number of aryl methyl sites for hydroxylation is 1. The van der Waals surface area contributed by atoms with Gasteiger partial charge in [-0.25, -0.2) is 4.98 Å². The lowest BCUT2D eigenvalue weighted by Crippen LogP contribution is -2.40. The average Bonchev–Trinajstić information content (AvgIpc) is 3.10. The second-order valence-corrected chi connectivity index (χ2v) is 6.34. The lowest BCUT2D eigenvalue weighted by molar-refractivity contribution is 0.0730. The fourth-order valence-corrected chi connectivity index (χ4v) is 3.40. The van der Waals surface area contributed by atoms with Gasteiger partial charge in [0, 0.05) is 24.2 Å². The van der Waals surface area contributed by atoms with Crippen LogP contribution in [0.5, 0.6) is 11.5 Å². The number of hydrogen-bond acceptors (Lipinski definition) is 5. The summed E-state index contributed by atoms with van der Waals surface area (Å²) in [7, 11) is 0. The zero-order valence-electron chi connectivity index (χ0n) is 13.6. The summed E-state index contributed by atoms with van der Waals surface area (Å²) in [4.78, 5) is 31.2. The first-order valence-electron chi connectivity index (χ1n) is 8.04. The molecule has 2 aliphatic rings. The molecule has 0 spiro atoms. The van der Waals surface area contributed by atoms with Gasteiger partial charge in [-0.1, -0.05) is 11.6 Å². The molecule has 0 radical (unpaired) electrons. The van der Waals surface area contributed by atoms with Crippen molar-refractivity contribution in [1.29, 1.82) is 0 Å². The number of benzene rings is 1. The first kappa shape index (κ1) is 16.0. The SMILES string of the molecule is CCn1cnc2c(c1=O)CCN(C(=O)c1cc(Cl)c3c(c1)OCO3)C2. The van der Waals surface area contributed by atoms with Crippen LogP contribution in [0.4, 0.5) is 0 Å². The van der Waals surface area contributed by atoms with Crippen molar-refractivity contribution in [3.05, 3.63) is 50.7 Å². The number of hydrogen-bond donors (Lipinski definition) is 0. The number of ether oxygens (including phenoxy) is 2. The fraction of sp³-hybridized carbons (Fsp3) is 0.353. The van der Waals surface area contributed by atoms with Crippen LogP contribution in [-0.2, 0) is 19.5 Å². The quantitative estimate of drug-likeness (QED) is 0.816. The zero-order chi connectivity index (χ0) is 17.6. The molecule has 1 aromatic heterocycles. The Labute approximate surface area is 148 Å².